The van der Waals surface area contributed by atoms with E-state index in [2.05, 4.69) is 15.1 Å². The molecule has 0 fully saturated rings. The summed E-state index contributed by atoms with van der Waals surface area (Å²) >= 11 is 4.76. The van der Waals surface area contributed by atoms with E-state index in [0.29, 0.717) is 5.65 Å². The van der Waals surface area contributed by atoms with Gasteiger partial charge in [0.25, 0.3) is 0 Å². The molecule has 0 aliphatic carbocycles. The molecule has 0 aliphatic heterocycles. The molecule has 2 heterocycles. The molecule has 2 aromatic heterocycles. The molecular formula is C6H6N4OS. The molecule has 0 spiro atoms. The van der Waals surface area contributed by atoms with Crippen molar-refractivity contribution in [2.45, 2.75) is 6.92 Å². The number of H-pyrrole nitrogens is 2. The number of hydrogen-bond acceptors (Lipinski definition) is 3. The highest BCUT2D eigenvalue weighted by Gasteiger charge is 2.01. The van der Waals surface area contributed by atoms with Crippen LogP contribution in [0.5, 0.6) is 0 Å². The second kappa shape index (κ2) is 2.28. The molecule has 0 atom stereocenters. The van der Waals surface area contributed by atoms with Crippen molar-refractivity contribution >= 4 is 17.9 Å². The van der Waals surface area contributed by atoms with E-state index in [-0.39, 0.29) is 10.5 Å². The van der Waals surface area contributed by atoms with Crippen LogP contribution in [-0.4, -0.2) is 19.6 Å². The van der Waals surface area contributed by atoms with Gasteiger partial charge in [-0.15, -0.1) is 0 Å². The van der Waals surface area contributed by atoms with Crippen molar-refractivity contribution in [3.63, 3.8) is 0 Å². The molecule has 2 N–H and O–H groups in total. The van der Waals surface area contributed by atoms with Crippen LogP contribution in [0.15, 0.2) is 11.0 Å². The zero-order chi connectivity index (χ0) is 8.72. The van der Waals surface area contributed by atoms with Gasteiger partial charge in [-0.1, -0.05) is 0 Å². The summed E-state index contributed by atoms with van der Waals surface area (Å²) in [6.45, 7) is 1.85. The number of aromatic nitrogens is 4. The summed E-state index contributed by atoms with van der Waals surface area (Å²) in [5, 5.41) is 2.75. The van der Waals surface area contributed by atoms with Gasteiger partial charge in [0.1, 0.15) is 0 Å². The Morgan fingerprint density at radius 1 is 1.67 bits per heavy atom. The Bertz CT molecular complexity index is 534. The molecule has 0 radical (unpaired) electrons. The van der Waals surface area contributed by atoms with Crippen molar-refractivity contribution in [2.24, 2.45) is 0 Å². The first-order chi connectivity index (χ1) is 5.68. The molecule has 0 aromatic carbocycles. The van der Waals surface area contributed by atoms with Crippen molar-refractivity contribution in [3.8, 4) is 0 Å². The molecule has 0 amide bonds. The van der Waals surface area contributed by atoms with Crippen molar-refractivity contribution in [2.75, 3.05) is 0 Å². The summed E-state index contributed by atoms with van der Waals surface area (Å²) in [6, 6.07) is 0. The quantitative estimate of drug-likeness (QED) is 0.579. The Kier molecular flexibility index (Phi) is 1.37. The fourth-order valence-corrected chi connectivity index (χ4v) is 1.20. The van der Waals surface area contributed by atoms with Crippen LogP contribution in [0.1, 0.15) is 5.56 Å². The Balaban J connectivity index is 3.13. The summed E-state index contributed by atoms with van der Waals surface area (Å²) in [5.41, 5.74) is 1.18. The van der Waals surface area contributed by atoms with Gasteiger partial charge >= 0.3 is 5.69 Å². The monoisotopic (exact) mass is 182 g/mol. The van der Waals surface area contributed by atoms with Crippen molar-refractivity contribution in [1.82, 2.24) is 19.6 Å². The van der Waals surface area contributed by atoms with Crippen LogP contribution in [0.2, 0.25) is 0 Å². The lowest BCUT2D eigenvalue weighted by Gasteiger charge is -1.90. The third-order valence-electron chi connectivity index (χ3n) is 1.60. The molecule has 2 rings (SSSR count). The molecule has 0 saturated heterocycles. The second-order valence-corrected chi connectivity index (χ2v) is 2.85. The Labute approximate surface area is 72.1 Å². The topological polar surface area (TPSA) is 65.9 Å². The standard InChI is InChI=1S/C6H6N4OS/c1-3-2-7-10-4(3)8-5(12)9-6(10)11/h2,7H,1H3,(H,9,11,12). The van der Waals surface area contributed by atoms with Crippen LogP contribution in [-0.2, 0) is 0 Å². The third-order valence-corrected chi connectivity index (χ3v) is 1.79. The largest absolute Gasteiger partial charge is 0.348 e. The average Bonchev–Trinajstić information content (AvgIpc) is 2.33. The number of nitrogens with zero attached hydrogens (tertiary/aromatic N) is 2. The lowest BCUT2D eigenvalue weighted by molar-refractivity contribution is 0.833. The molecule has 0 unspecified atom stereocenters. The van der Waals surface area contributed by atoms with E-state index in [0.717, 1.165) is 5.56 Å². The Morgan fingerprint density at radius 3 is 3.17 bits per heavy atom. The maximum atomic E-state index is 11.2. The van der Waals surface area contributed by atoms with Crippen LogP contribution in [0, 0.1) is 11.7 Å². The van der Waals surface area contributed by atoms with Gasteiger partial charge in [0, 0.05) is 11.8 Å². The third kappa shape index (κ3) is 0.884. The highest BCUT2D eigenvalue weighted by Crippen LogP contribution is 2.00. The summed E-state index contributed by atoms with van der Waals surface area (Å²) in [7, 11) is 0. The van der Waals surface area contributed by atoms with Gasteiger partial charge in [0.05, 0.1) is 0 Å². The number of nitrogens with one attached hydrogen (secondary N) is 2. The fraction of sp³-hybridized carbons (Fsp3) is 0.167. The van der Waals surface area contributed by atoms with E-state index in [1.807, 2.05) is 6.92 Å². The Morgan fingerprint density at radius 2 is 2.42 bits per heavy atom. The van der Waals surface area contributed by atoms with Crippen LogP contribution in [0.25, 0.3) is 5.65 Å². The van der Waals surface area contributed by atoms with Gasteiger partial charge in [-0.2, -0.15) is 4.52 Å². The van der Waals surface area contributed by atoms with Crippen molar-refractivity contribution in [1.29, 1.82) is 0 Å². The molecular weight excluding hydrogens is 176 g/mol. The Hall–Kier alpha value is -1.43. The van der Waals surface area contributed by atoms with Gasteiger partial charge in [-0.05, 0) is 19.1 Å². The molecule has 5 nitrogen and oxygen atoms in total. The number of fused-ring (bicyclic) bond motifs is 1. The number of aryl methyl sites for hydroxylation is 1. The molecule has 2 aromatic rings. The maximum Gasteiger partial charge on any atom is 0.348 e. The van der Waals surface area contributed by atoms with E-state index in [1.54, 1.807) is 6.20 Å². The molecule has 0 saturated carbocycles. The average molecular weight is 182 g/mol. The maximum absolute atomic E-state index is 11.2. The molecule has 0 aliphatic rings. The predicted octanol–water partition coefficient (Wildman–Crippen LogP) is 0.389. The van der Waals surface area contributed by atoms with Gasteiger partial charge in [0.2, 0.25) is 4.77 Å². The van der Waals surface area contributed by atoms with Gasteiger partial charge in [-0.25, -0.2) is 9.78 Å². The number of hydrogen-bond donors (Lipinski definition) is 2. The first-order valence-electron chi connectivity index (χ1n) is 3.35. The van der Waals surface area contributed by atoms with Crippen molar-refractivity contribution < 1.29 is 0 Å². The molecule has 62 valence electrons. The minimum absolute atomic E-state index is 0.211. The summed E-state index contributed by atoms with van der Waals surface area (Å²) in [4.78, 5) is 17.6. The van der Waals surface area contributed by atoms with Gasteiger partial charge in [-0.3, -0.25) is 10.1 Å². The molecule has 12 heavy (non-hydrogen) atoms. The van der Waals surface area contributed by atoms with Crippen LogP contribution >= 0.6 is 12.2 Å². The van der Waals surface area contributed by atoms with E-state index < -0.39 is 0 Å². The minimum Gasteiger partial charge on any atom is -0.295 e. The SMILES string of the molecule is Cc1c[nH]n2c(=O)[nH]c(=S)nc12. The predicted molar refractivity (Wildman–Crippen MR) is 45.7 cm³/mol. The van der Waals surface area contributed by atoms with E-state index in [1.165, 1.54) is 4.52 Å². The zero-order valence-electron chi connectivity index (χ0n) is 6.29. The molecule has 6 heteroatoms. The smallest absolute Gasteiger partial charge is 0.295 e. The normalized spacial score (nSPS) is 10.8. The summed E-state index contributed by atoms with van der Waals surface area (Å²) < 4.78 is 1.52. The summed E-state index contributed by atoms with van der Waals surface area (Å²) in [6.07, 6.45) is 1.70. The lowest BCUT2D eigenvalue weighted by atomic mass is 10.4. The summed E-state index contributed by atoms with van der Waals surface area (Å²) in [5.74, 6) is 0. The first-order valence-corrected chi connectivity index (χ1v) is 3.76. The first kappa shape index (κ1) is 7.23. The minimum atomic E-state index is -0.293. The number of aromatic amines is 2. The second-order valence-electron chi connectivity index (χ2n) is 2.46. The van der Waals surface area contributed by atoms with Gasteiger partial charge in [0.15, 0.2) is 5.65 Å². The van der Waals surface area contributed by atoms with Crippen LogP contribution in [0.4, 0.5) is 0 Å². The highest BCUT2D eigenvalue weighted by atomic mass is 32.1. The highest BCUT2D eigenvalue weighted by molar-refractivity contribution is 7.71. The van der Waals surface area contributed by atoms with Crippen LogP contribution in [0.3, 0.4) is 0 Å². The van der Waals surface area contributed by atoms with Gasteiger partial charge < -0.3 is 0 Å². The van der Waals surface area contributed by atoms with E-state index >= 15 is 0 Å². The van der Waals surface area contributed by atoms with E-state index in [9.17, 15) is 4.79 Å². The fourth-order valence-electron chi connectivity index (χ4n) is 1.03. The van der Waals surface area contributed by atoms with Crippen molar-refractivity contribution in [3.05, 3.63) is 27.0 Å². The zero-order valence-corrected chi connectivity index (χ0v) is 7.10. The van der Waals surface area contributed by atoms with Crippen LogP contribution < -0.4 is 5.69 Å². The molecule has 0 bridgehead atoms. The number of rotatable bonds is 0. The van der Waals surface area contributed by atoms with E-state index in [4.69, 9.17) is 12.2 Å². The lowest BCUT2D eigenvalue weighted by Crippen LogP contribution is -2.18.